The summed E-state index contributed by atoms with van der Waals surface area (Å²) in [5.41, 5.74) is 15.3. The summed E-state index contributed by atoms with van der Waals surface area (Å²) >= 11 is 0. The number of ether oxygens (including phenoxy) is 2. The number of anilines is 3. The Morgan fingerprint density at radius 3 is 2.01 bits per heavy atom. The first-order chi connectivity index (χ1) is 36.0. The number of carbonyl (C=O) groups is 2. The Labute approximate surface area is 426 Å². The van der Waals surface area contributed by atoms with Gasteiger partial charge in [0.05, 0.1) is 30.2 Å². The van der Waals surface area contributed by atoms with Crippen molar-refractivity contribution in [2.75, 3.05) is 62.2 Å². The Kier molecular flexibility index (Phi) is 20.1. The number of aryl methyl sites for hydroxylation is 1. The zero-order valence-electron chi connectivity index (χ0n) is 42.3. The molecule has 0 radical (unpaired) electrons. The SMILES string of the molecule is CCN(CC)c1ccc2c(C(CCCn3cc(COCCC(=O)NCCCCCCNCc4c[nH]c5nc(N)[nH]c(=O)c45)nn3)OC(=O)NCCCCCCNCc3c[nH]c4nc(N)[nH]c(=O)c34)cc(=O)oc2c1. The maximum absolute atomic E-state index is 13.3. The van der Waals surface area contributed by atoms with Crippen LogP contribution < -0.4 is 54.4 Å². The van der Waals surface area contributed by atoms with Gasteiger partial charge in [-0.15, -0.1) is 5.10 Å². The van der Waals surface area contributed by atoms with Crippen LogP contribution in [0.2, 0.25) is 0 Å². The largest absolute Gasteiger partial charge is 0.441 e. The third-order valence-electron chi connectivity index (χ3n) is 12.7. The molecule has 0 aliphatic heterocycles. The fourth-order valence-corrected chi connectivity index (χ4v) is 8.90. The predicted octanol–water partition coefficient (Wildman–Crippen LogP) is 4.50. The zero-order chi connectivity index (χ0) is 52.2. The number of nitrogen functional groups attached to an aromatic ring is 2. The molecule has 24 nitrogen and oxygen atoms in total. The van der Waals surface area contributed by atoms with Crippen molar-refractivity contribution in [3.8, 4) is 0 Å². The second kappa shape index (κ2) is 27.5. The second-order valence-electron chi connectivity index (χ2n) is 18.1. The second-order valence-corrected chi connectivity index (χ2v) is 18.1. The number of amides is 2. The minimum atomic E-state index is -0.760. The quantitative estimate of drug-likeness (QED) is 0.0205. The first-order valence-corrected chi connectivity index (χ1v) is 25.6. The Bertz CT molecular complexity index is 3100. The number of unbranched alkanes of at least 4 members (excludes halogenated alkanes) is 6. The predicted molar refractivity (Wildman–Crippen MR) is 282 cm³/mol. The van der Waals surface area contributed by atoms with Crippen molar-refractivity contribution in [2.24, 2.45) is 0 Å². The van der Waals surface area contributed by atoms with Gasteiger partial charge in [-0.2, -0.15) is 9.97 Å². The summed E-state index contributed by atoms with van der Waals surface area (Å²) in [7, 11) is 0. The number of hydrogen-bond donors (Lipinski definition) is 10. The number of nitrogens with zero attached hydrogens (tertiary/aromatic N) is 6. The molecule has 0 saturated heterocycles. The number of benzene rings is 1. The number of aromatic amines is 4. The number of alkyl carbamates (subject to hydrolysis) is 1. The molecule has 1 atom stereocenters. The van der Waals surface area contributed by atoms with Crippen molar-refractivity contribution in [3.05, 3.63) is 96.4 Å². The molecule has 6 aromatic heterocycles. The van der Waals surface area contributed by atoms with Crippen LogP contribution in [0.3, 0.4) is 0 Å². The molecular formula is C50H70N16O8. The standard InChI is InChI=1S/C50H70N16O8/c1-3-65(4-2)35-15-16-36-37(25-41(68)73-39(36)24-35)38(74-50(71)56-21-12-8-6-10-19-54-27-33-29-58-45-43(33)47(70)62-49(52)60-45)14-13-22-66-30-34(63-64-66)31-72-23-17-40(67)55-20-11-7-5-9-18-53-26-32-28-57-44-42(32)46(69)61-48(51)59-44/h15-16,24-25,28-30,38,53-54H,3-14,17-23,26-27,31H2,1-2H3,(H,55,67)(H,56,71)(H4,51,57,59,61,69)(H4,52,58,60,62,70). The number of nitrogens with two attached hydrogens (primary N) is 2. The van der Waals surface area contributed by atoms with E-state index in [1.165, 1.54) is 6.07 Å². The van der Waals surface area contributed by atoms with E-state index >= 15 is 0 Å². The van der Waals surface area contributed by atoms with Crippen molar-refractivity contribution in [1.29, 1.82) is 0 Å². The van der Waals surface area contributed by atoms with Crippen LogP contribution in [-0.2, 0) is 40.5 Å². The van der Waals surface area contributed by atoms with Gasteiger partial charge in [0.25, 0.3) is 11.1 Å². The van der Waals surface area contributed by atoms with Crippen LogP contribution in [0.5, 0.6) is 0 Å². The number of fused-ring (bicyclic) bond motifs is 3. The molecule has 398 valence electrons. The number of aromatic nitrogens is 9. The zero-order valence-corrected chi connectivity index (χ0v) is 42.3. The summed E-state index contributed by atoms with van der Waals surface area (Å²) in [6.45, 7) is 10.2. The van der Waals surface area contributed by atoms with Gasteiger partial charge in [-0.1, -0.05) is 30.9 Å². The lowest BCUT2D eigenvalue weighted by atomic mass is 10.0. The summed E-state index contributed by atoms with van der Waals surface area (Å²) in [6, 6.07) is 7.14. The Balaban J connectivity index is 0.793. The molecule has 0 aliphatic carbocycles. The number of carbonyl (C=O) groups excluding carboxylic acids is 2. The molecule has 12 N–H and O–H groups in total. The Morgan fingerprint density at radius 1 is 0.784 bits per heavy atom. The van der Waals surface area contributed by atoms with E-state index in [9.17, 15) is 24.0 Å². The monoisotopic (exact) mass is 1020 g/mol. The lowest BCUT2D eigenvalue weighted by Gasteiger charge is -2.22. The van der Waals surface area contributed by atoms with E-state index in [1.807, 2.05) is 18.2 Å². The molecule has 0 spiro atoms. The number of H-pyrrole nitrogens is 4. The maximum atomic E-state index is 13.3. The van der Waals surface area contributed by atoms with Crippen molar-refractivity contribution < 1.29 is 23.5 Å². The van der Waals surface area contributed by atoms with Gasteiger partial charge in [0, 0.05) is 93.4 Å². The van der Waals surface area contributed by atoms with Gasteiger partial charge in [-0.05, 0) is 88.7 Å². The molecule has 7 rings (SSSR count). The van der Waals surface area contributed by atoms with Gasteiger partial charge < -0.3 is 61.5 Å². The molecule has 0 fully saturated rings. The van der Waals surface area contributed by atoms with E-state index < -0.39 is 17.8 Å². The molecule has 0 bridgehead atoms. The third-order valence-corrected chi connectivity index (χ3v) is 12.7. The summed E-state index contributed by atoms with van der Waals surface area (Å²) in [5, 5.41) is 22.8. The van der Waals surface area contributed by atoms with Gasteiger partial charge >= 0.3 is 11.7 Å². The molecule has 6 heterocycles. The van der Waals surface area contributed by atoms with Crippen molar-refractivity contribution in [3.63, 3.8) is 0 Å². The lowest BCUT2D eigenvalue weighted by molar-refractivity contribution is -0.122. The van der Waals surface area contributed by atoms with Crippen LogP contribution in [0, 0.1) is 0 Å². The lowest BCUT2D eigenvalue weighted by Crippen LogP contribution is -2.27. The molecular weight excluding hydrogens is 953 g/mol. The van der Waals surface area contributed by atoms with Gasteiger partial charge in [-0.3, -0.25) is 29.0 Å². The average Bonchev–Trinajstić information content (AvgIpc) is 4.13. The van der Waals surface area contributed by atoms with Crippen LogP contribution in [-0.4, -0.2) is 103 Å². The molecule has 24 heteroatoms. The highest BCUT2D eigenvalue weighted by molar-refractivity contribution is 5.84. The summed E-state index contributed by atoms with van der Waals surface area (Å²) < 4.78 is 19.2. The average molecular weight is 1020 g/mol. The maximum Gasteiger partial charge on any atom is 0.407 e. The fourth-order valence-electron chi connectivity index (χ4n) is 8.90. The van der Waals surface area contributed by atoms with E-state index in [0.717, 1.165) is 94.4 Å². The highest BCUT2D eigenvalue weighted by Gasteiger charge is 2.22. The van der Waals surface area contributed by atoms with E-state index in [0.29, 0.717) is 89.9 Å². The minimum Gasteiger partial charge on any atom is -0.441 e. The Hall–Kier alpha value is -7.57. The van der Waals surface area contributed by atoms with Gasteiger partial charge in [0.1, 0.15) is 28.7 Å². The topological polar surface area (TPSA) is 340 Å². The van der Waals surface area contributed by atoms with Gasteiger partial charge in [0.2, 0.25) is 17.8 Å². The minimum absolute atomic E-state index is 0.0678. The van der Waals surface area contributed by atoms with Crippen LogP contribution in [0.25, 0.3) is 33.0 Å². The third kappa shape index (κ3) is 15.5. The molecule has 0 saturated carbocycles. The van der Waals surface area contributed by atoms with Crippen molar-refractivity contribution in [2.45, 2.75) is 117 Å². The van der Waals surface area contributed by atoms with Gasteiger partial charge in [-0.25, -0.2) is 9.59 Å². The number of rotatable bonds is 32. The van der Waals surface area contributed by atoms with E-state index in [-0.39, 0.29) is 48.6 Å². The smallest absolute Gasteiger partial charge is 0.407 e. The highest BCUT2D eigenvalue weighted by Crippen LogP contribution is 2.31. The normalized spacial score (nSPS) is 12.0. The molecule has 1 aromatic carbocycles. The molecule has 7 aromatic rings. The van der Waals surface area contributed by atoms with Crippen molar-refractivity contribution in [1.82, 2.24) is 66.2 Å². The van der Waals surface area contributed by atoms with Crippen LogP contribution in [0.1, 0.15) is 113 Å². The van der Waals surface area contributed by atoms with Crippen LogP contribution in [0.15, 0.2) is 61.7 Å². The summed E-state index contributed by atoms with van der Waals surface area (Å²) in [4.78, 5) is 84.8. The molecule has 2 amide bonds. The van der Waals surface area contributed by atoms with Crippen LogP contribution >= 0.6 is 0 Å². The van der Waals surface area contributed by atoms with Crippen molar-refractivity contribution >= 4 is 62.6 Å². The fraction of sp³-hybridized carbons (Fsp3) is 0.500. The first kappa shape index (κ1) is 54.2. The summed E-state index contributed by atoms with van der Waals surface area (Å²) in [6.07, 6.45) is 12.4. The van der Waals surface area contributed by atoms with Crippen LogP contribution in [0.4, 0.5) is 22.4 Å². The molecule has 0 aliphatic rings. The molecule has 74 heavy (non-hydrogen) atoms. The van der Waals surface area contributed by atoms with E-state index in [2.05, 4.69) is 80.2 Å². The number of nitrogens with one attached hydrogen (secondary N) is 8. The van der Waals surface area contributed by atoms with E-state index in [4.69, 9.17) is 25.4 Å². The Morgan fingerprint density at radius 2 is 1.39 bits per heavy atom. The number of hydrogen-bond acceptors (Lipinski definition) is 17. The summed E-state index contributed by atoms with van der Waals surface area (Å²) in [5.74, 6) is 0.0679. The van der Waals surface area contributed by atoms with Gasteiger partial charge in [0.15, 0.2) is 0 Å². The first-order valence-electron chi connectivity index (χ1n) is 25.6. The molecule has 1 unspecified atom stereocenters. The highest BCUT2D eigenvalue weighted by atomic mass is 16.6. The van der Waals surface area contributed by atoms with E-state index in [1.54, 1.807) is 23.3 Å².